The van der Waals surface area contributed by atoms with E-state index in [0.29, 0.717) is 5.69 Å². The highest BCUT2D eigenvalue weighted by Crippen LogP contribution is 2.37. The highest BCUT2D eigenvalue weighted by molar-refractivity contribution is 6.31. The predicted molar refractivity (Wildman–Crippen MR) is 104 cm³/mol. The molecular weight excluding hydrogens is 393 g/mol. The van der Waals surface area contributed by atoms with Gasteiger partial charge in [0, 0.05) is 41.6 Å². The minimum Gasteiger partial charge on any atom is -0.307 e. The standard InChI is InChI=1S/C19H18ClF3N4O/c1-10-15(19(21,22)23)7-12(8-16(10)20)24-18(28)26(3)13-5-6-14-11(2)27(4)25-17(14)9-13/h5-9H,1-4H3,(H,24,28). The number of rotatable bonds is 2. The van der Waals surface area contributed by atoms with Gasteiger partial charge in [-0.3, -0.25) is 9.58 Å². The molecule has 148 valence electrons. The average molecular weight is 411 g/mol. The van der Waals surface area contributed by atoms with Gasteiger partial charge >= 0.3 is 12.2 Å². The maximum atomic E-state index is 13.2. The fourth-order valence-corrected chi connectivity index (χ4v) is 3.12. The summed E-state index contributed by atoms with van der Waals surface area (Å²) in [6.07, 6.45) is -4.57. The van der Waals surface area contributed by atoms with Crippen LogP contribution in [0.15, 0.2) is 30.3 Å². The topological polar surface area (TPSA) is 50.2 Å². The van der Waals surface area contributed by atoms with Crippen LogP contribution >= 0.6 is 11.6 Å². The first-order chi connectivity index (χ1) is 13.0. The van der Waals surface area contributed by atoms with E-state index in [-0.39, 0.29) is 16.3 Å². The van der Waals surface area contributed by atoms with Crippen molar-refractivity contribution < 1.29 is 18.0 Å². The molecule has 0 bridgehead atoms. The van der Waals surface area contributed by atoms with Gasteiger partial charge in [-0.25, -0.2) is 4.79 Å². The van der Waals surface area contributed by atoms with Crippen molar-refractivity contribution >= 4 is 39.9 Å². The SMILES string of the molecule is Cc1c(Cl)cc(NC(=O)N(C)c2ccc3c(C)n(C)nc3c2)cc1C(F)(F)F. The van der Waals surface area contributed by atoms with Crippen LogP contribution in [0.1, 0.15) is 16.8 Å². The number of nitrogens with zero attached hydrogens (tertiary/aromatic N) is 3. The zero-order valence-electron chi connectivity index (χ0n) is 15.6. The normalized spacial score (nSPS) is 11.7. The summed E-state index contributed by atoms with van der Waals surface area (Å²) in [6.45, 7) is 3.22. The molecule has 0 aliphatic heterocycles. The quantitative estimate of drug-likeness (QED) is 0.603. The third-order valence-corrected chi connectivity index (χ3v) is 5.10. The summed E-state index contributed by atoms with van der Waals surface area (Å²) in [5.41, 5.74) is 1.25. The Morgan fingerprint density at radius 1 is 1.21 bits per heavy atom. The second-order valence-electron chi connectivity index (χ2n) is 6.53. The van der Waals surface area contributed by atoms with Gasteiger partial charge in [0.2, 0.25) is 0 Å². The van der Waals surface area contributed by atoms with Gasteiger partial charge in [0.15, 0.2) is 0 Å². The highest BCUT2D eigenvalue weighted by atomic mass is 35.5. The lowest BCUT2D eigenvalue weighted by Gasteiger charge is -2.19. The van der Waals surface area contributed by atoms with Crippen LogP contribution in [-0.2, 0) is 13.2 Å². The van der Waals surface area contributed by atoms with Gasteiger partial charge in [0.25, 0.3) is 0 Å². The van der Waals surface area contributed by atoms with E-state index in [9.17, 15) is 18.0 Å². The van der Waals surface area contributed by atoms with Gasteiger partial charge in [-0.05, 0) is 49.7 Å². The summed E-state index contributed by atoms with van der Waals surface area (Å²) in [4.78, 5) is 13.8. The number of halogens is 4. The van der Waals surface area contributed by atoms with Crippen LogP contribution in [0, 0.1) is 13.8 Å². The number of amides is 2. The number of carbonyl (C=O) groups is 1. The van der Waals surface area contributed by atoms with Crippen molar-refractivity contribution in [3.63, 3.8) is 0 Å². The number of hydrogen-bond acceptors (Lipinski definition) is 2. The molecule has 0 saturated carbocycles. The Hall–Kier alpha value is -2.74. The molecule has 0 radical (unpaired) electrons. The molecule has 5 nitrogen and oxygen atoms in total. The number of nitrogens with one attached hydrogen (secondary N) is 1. The maximum Gasteiger partial charge on any atom is 0.416 e. The molecule has 1 aromatic heterocycles. The fourth-order valence-electron chi connectivity index (χ4n) is 2.90. The van der Waals surface area contributed by atoms with E-state index in [2.05, 4.69) is 10.4 Å². The molecule has 0 unspecified atom stereocenters. The summed E-state index contributed by atoms with van der Waals surface area (Å²) >= 11 is 5.91. The Morgan fingerprint density at radius 3 is 2.54 bits per heavy atom. The van der Waals surface area contributed by atoms with Crippen molar-refractivity contribution in [2.45, 2.75) is 20.0 Å². The lowest BCUT2D eigenvalue weighted by molar-refractivity contribution is -0.138. The second-order valence-corrected chi connectivity index (χ2v) is 6.94. The van der Waals surface area contributed by atoms with Gasteiger partial charge in [0.1, 0.15) is 0 Å². The number of anilines is 2. The number of benzene rings is 2. The first-order valence-electron chi connectivity index (χ1n) is 8.34. The fraction of sp³-hybridized carbons (Fsp3) is 0.263. The van der Waals surface area contributed by atoms with Crippen LogP contribution in [0.4, 0.5) is 29.3 Å². The molecule has 0 saturated heterocycles. The Balaban J connectivity index is 1.88. The van der Waals surface area contributed by atoms with Gasteiger partial charge < -0.3 is 5.32 Å². The number of fused-ring (bicyclic) bond motifs is 1. The number of aryl methyl sites for hydroxylation is 2. The molecule has 3 rings (SSSR count). The molecule has 3 aromatic rings. The van der Waals surface area contributed by atoms with Crippen molar-refractivity contribution in [1.82, 2.24) is 9.78 Å². The van der Waals surface area contributed by atoms with E-state index in [1.54, 1.807) is 16.8 Å². The van der Waals surface area contributed by atoms with Crippen LogP contribution in [-0.4, -0.2) is 22.9 Å². The average Bonchev–Trinajstić information content (AvgIpc) is 2.89. The molecule has 1 N–H and O–H groups in total. The summed E-state index contributed by atoms with van der Waals surface area (Å²) in [5, 5.41) is 7.72. The lowest BCUT2D eigenvalue weighted by atomic mass is 10.1. The molecule has 0 atom stereocenters. The molecule has 2 amide bonds. The first kappa shape index (κ1) is 20.0. The molecular formula is C19H18ClF3N4O. The van der Waals surface area contributed by atoms with Crippen LogP contribution in [0.5, 0.6) is 0 Å². The van der Waals surface area contributed by atoms with Gasteiger partial charge in [-0.2, -0.15) is 18.3 Å². The number of alkyl halides is 3. The van der Waals surface area contributed by atoms with Gasteiger partial charge in [0.05, 0.1) is 11.1 Å². The van der Waals surface area contributed by atoms with Crippen LogP contribution in [0.3, 0.4) is 0 Å². The minimum atomic E-state index is -4.57. The Bertz CT molecular complexity index is 1080. The molecule has 0 spiro atoms. The number of aromatic nitrogens is 2. The molecule has 0 aliphatic carbocycles. The third-order valence-electron chi connectivity index (χ3n) is 4.71. The monoisotopic (exact) mass is 410 g/mol. The van der Waals surface area contributed by atoms with Crippen molar-refractivity contribution in [2.24, 2.45) is 7.05 Å². The molecule has 9 heteroatoms. The van der Waals surface area contributed by atoms with Crippen molar-refractivity contribution in [2.75, 3.05) is 17.3 Å². The third kappa shape index (κ3) is 3.64. The van der Waals surface area contributed by atoms with Gasteiger partial charge in [-0.1, -0.05) is 11.6 Å². The molecule has 28 heavy (non-hydrogen) atoms. The summed E-state index contributed by atoms with van der Waals surface area (Å²) in [5.74, 6) is 0. The maximum absolute atomic E-state index is 13.2. The smallest absolute Gasteiger partial charge is 0.307 e. The Morgan fingerprint density at radius 2 is 1.89 bits per heavy atom. The van der Waals surface area contributed by atoms with E-state index in [1.165, 1.54) is 24.9 Å². The van der Waals surface area contributed by atoms with Crippen molar-refractivity contribution in [3.8, 4) is 0 Å². The van der Waals surface area contributed by atoms with E-state index < -0.39 is 17.8 Å². The number of carbonyl (C=O) groups excluding carboxylic acids is 1. The molecule has 2 aromatic carbocycles. The number of hydrogen-bond donors (Lipinski definition) is 1. The van der Waals surface area contributed by atoms with E-state index >= 15 is 0 Å². The minimum absolute atomic E-state index is 0.0328. The lowest BCUT2D eigenvalue weighted by Crippen LogP contribution is -2.31. The van der Waals surface area contributed by atoms with Crippen LogP contribution < -0.4 is 10.2 Å². The van der Waals surface area contributed by atoms with Crippen molar-refractivity contribution in [3.05, 3.63) is 52.2 Å². The zero-order chi connectivity index (χ0) is 20.8. The second kappa shape index (κ2) is 7.01. The van der Waals surface area contributed by atoms with Crippen molar-refractivity contribution in [1.29, 1.82) is 0 Å². The molecule has 0 fully saturated rings. The highest BCUT2D eigenvalue weighted by Gasteiger charge is 2.33. The largest absolute Gasteiger partial charge is 0.416 e. The van der Waals surface area contributed by atoms with Crippen LogP contribution in [0.25, 0.3) is 10.9 Å². The van der Waals surface area contributed by atoms with E-state index in [1.807, 2.05) is 20.0 Å². The summed E-state index contributed by atoms with van der Waals surface area (Å²) in [7, 11) is 3.34. The first-order valence-corrected chi connectivity index (χ1v) is 8.72. The van der Waals surface area contributed by atoms with Crippen LogP contribution in [0.2, 0.25) is 5.02 Å². The predicted octanol–water partition coefficient (Wildman–Crippen LogP) is 5.53. The molecule has 0 aliphatic rings. The van der Waals surface area contributed by atoms with Gasteiger partial charge in [-0.15, -0.1) is 0 Å². The zero-order valence-corrected chi connectivity index (χ0v) is 16.4. The summed E-state index contributed by atoms with van der Waals surface area (Å²) in [6, 6.07) is 6.91. The van der Waals surface area contributed by atoms with E-state index in [4.69, 9.17) is 11.6 Å². The number of urea groups is 1. The molecule has 1 heterocycles. The Kier molecular flexibility index (Phi) is 5.01. The van der Waals surface area contributed by atoms with E-state index in [0.717, 1.165) is 22.7 Å². The summed E-state index contributed by atoms with van der Waals surface area (Å²) < 4.78 is 41.2. The Labute approximate surface area is 164 Å².